The molecule has 2 atom stereocenters. The highest BCUT2D eigenvalue weighted by atomic mass is 32.2. The summed E-state index contributed by atoms with van der Waals surface area (Å²) < 4.78 is 14.7. The first kappa shape index (κ1) is 18.5. The Morgan fingerprint density at radius 3 is 2.83 bits per heavy atom. The van der Waals surface area contributed by atoms with Crippen molar-refractivity contribution in [1.29, 1.82) is 0 Å². The van der Waals surface area contributed by atoms with Gasteiger partial charge in [-0.3, -0.25) is 4.79 Å². The normalized spacial score (nSPS) is 19.5. The van der Waals surface area contributed by atoms with Crippen LogP contribution in [-0.2, 0) is 15.8 Å². The number of hydrogen-bond acceptors (Lipinski definition) is 5. The summed E-state index contributed by atoms with van der Waals surface area (Å²) in [6.07, 6.45) is 6.45. The van der Waals surface area contributed by atoms with E-state index in [9.17, 15) is 13.8 Å². The minimum absolute atomic E-state index is 0.0386. The van der Waals surface area contributed by atoms with E-state index in [1.165, 1.54) is 0 Å². The van der Waals surface area contributed by atoms with Gasteiger partial charge in [-0.1, -0.05) is 12.1 Å². The van der Waals surface area contributed by atoms with E-state index in [0.717, 1.165) is 19.0 Å². The quantitative estimate of drug-likeness (QED) is 0.709. The Morgan fingerprint density at radius 2 is 2.21 bits per heavy atom. The topological polar surface area (TPSA) is 83.7 Å². The Bertz CT molecular complexity index is 648. The largest absolute Gasteiger partial charge is 0.380 e. The summed E-state index contributed by atoms with van der Waals surface area (Å²) in [5, 5.41) is 0. The van der Waals surface area contributed by atoms with E-state index in [1.54, 1.807) is 30.5 Å². The van der Waals surface area contributed by atoms with Gasteiger partial charge < -0.3 is 15.4 Å². The van der Waals surface area contributed by atoms with Gasteiger partial charge in [-0.05, 0) is 24.8 Å². The molecule has 1 aliphatic heterocycles. The van der Waals surface area contributed by atoms with Gasteiger partial charge in [0.25, 0.3) is 0 Å². The fourth-order valence-electron chi connectivity index (χ4n) is 2.57. The van der Waals surface area contributed by atoms with Gasteiger partial charge in [0.05, 0.1) is 4.90 Å². The highest BCUT2D eigenvalue weighted by Gasteiger charge is 2.26. The smallest absolute Gasteiger partial charge is 0.150 e. The summed E-state index contributed by atoms with van der Waals surface area (Å²) in [4.78, 5) is 24.3. The number of carbonyl (C=O) groups excluding carboxylic acids is 2. The second kappa shape index (κ2) is 8.86. The van der Waals surface area contributed by atoms with Crippen LogP contribution in [0.2, 0.25) is 0 Å². The van der Waals surface area contributed by atoms with Crippen molar-refractivity contribution in [2.24, 2.45) is 5.73 Å². The van der Waals surface area contributed by atoms with E-state index in [1.807, 2.05) is 16.3 Å². The maximum atomic E-state index is 12.9. The average Bonchev–Trinajstić information content (AvgIpc) is 3.03. The molecular formula is C17H23N3O3S. The molecule has 0 saturated carbocycles. The zero-order valence-corrected chi connectivity index (χ0v) is 14.6. The Hall–Kier alpha value is -1.83. The molecule has 0 bridgehead atoms. The maximum absolute atomic E-state index is 12.9. The summed E-state index contributed by atoms with van der Waals surface area (Å²) >= 11 is 0. The number of nitrogens with two attached hydrogens (primary N) is 1. The molecule has 0 aliphatic carbocycles. The van der Waals surface area contributed by atoms with Crippen molar-refractivity contribution in [3.8, 4) is 0 Å². The van der Waals surface area contributed by atoms with Crippen molar-refractivity contribution in [3.05, 3.63) is 35.5 Å². The summed E-state index contributed by atoms with van der Waals surface area (Å²) in [5.41, 5.74) is 7.03. The van der Waals surface area contributed by atoms with Crippen LogP contribution in [0, 0.1) is 0 Å². The van der Waals surface area contributed by atoms with Gasteiger partial charge >= 0.3 is 0 Å². The fourth-order valence-corrected chi connectivity index (χ4v) is 4.02. The van der Waals surface area contributed by atoms with Crippen LogP contribution < -0.4 is 5.73 Å². The van der Waals surface area contributed by atoms with E-state index in [4.69, 9.17) is 5.73 Å². The van der Waals surface area contributed by atoms with E-state index < -0.39 is 11.0 Å². The van der Waals surface area contributed by atoms with Crippen LogP contribution in [0.3, 0.4) is 0 Å². The van der Waals surface area contributed by atoms with Gasteiger partial charge in [0.15, 0.2) is 6.29 Å². The zero-order chi connectivity index (χ0) is 17.5. The Morgan fingerprint density at radius 1 is 1.42 bits per heavy atom. The van der Waals surface area contributed by atoms with Gasteiger partial charge in [0.2, 0.25) is 0 Å². The molecule has 7 heteroatoms. The standard InChI is InChI=1S/C17H23N3O3S/c1-19(8-3-11-21)9-7-16-14(13-22)4-2-5-17(16)24(23)20-10-6-15(18)12-20/h2,4-5,7,9,11,13,15H,3,6,8,10,12,18H2,1H3/b9-7-. The second-order valence-electron chi connectivity index (χ2n) is 5.81. The van der Waals surface area contributed by atoms with Crippen molar-refractivity contribution < 1.29 is 13.8 Å². The summed E-state index contributed by atoms with van der Waals surface area (Å²) in [6, 6.07) is 5.25. The van der Waals surface area contributed by atoms with Gasteiger partial charge in [-0.15, -0.1) is 0 Å². The Kier molecular flexibility index (Phi) is 6.84. The molecule has 6 nitrogen and oxygen atoms in total. The molecule has 2 N–H and O–H groups in total. The molecule has 1 heterocycles. The molecule has 2 unspecified atom stereocenters. The lowest BCUT2D eigenvalue weighted by molar-refractivity contribution is -0.108. The molecule has 1 aliphatic rings. The van der Waals surface area contributed by atoms with Gasteiger partial charge in [0.1, 0.15) is 17.3 Å². The molecule has 1 aromatic rings. The molecule has 1 aromatic carbocycles. The third-order valence-corrected chi connectivity index (χ3v) is 5.47. The molecule has 130 valence electrons. The zero-order valence-electron chi connectivity index (χ0n) is 13.8. The molecule has 1 fully saturated rings. The third-order valence-electron chi connectivity index (χ3n) is 3.93. The molecule has 1 saturated heterocycles. The Labute approximate surface area is 144 Å². The van der Waals surface area contributed by atoms with Crippen LogP contribution in [0.15, 0.2) is 29.3 Å². The minimum atomic E-state index is -1.35. The minimum Gasteiger partial charge on any atom is -0.380 e. The van der Waals surface area contributed by atoms with Gasteiger partial charge in [-0.2, -0.15) is 0 Å². The number of nitrogens with zero attached hydrogens (tertiary/aromatic N) is 2. The first-order valence-corrected chi connectivity index (χ1v) is 9.00. The van der Waals surface area contributed by atoms with Gasteiger partial charge in [-0.25, -0.2) is 8.51 Å². The predicted molar refractivity (Wildman–Crippen MR) is 94.7 cm³/mol. The lowest BCUT2D eigenvalue weighted by Crippen LogP contribution is -2.28. The second-order valence-corrected chi connectivity index (χ2v) is 7.27. The Balaban J connectivity index is 2.28. The van der Waals surface area contributed by atoms with Crippen LogP contribution in [0.25, 0.3) is 6.08 Å². The first-order valence-electron chi connectivity index (χ1n) is 7.89. The average molecular weight is 349 g/mol. The van der Waals surface area contributed by atoms with Crippen LogP contribution in [0.4, 0.5) is 0 Å². The van der Waals surface area contributed by atoms with E-state index in [2.05, 4.69) is 0 Å². The molecule has 0 aromatic heterocycles. The number of hydrogen-bond donors (Lipinski definition) is 1. The number of aldehydes is 2. The van der Waals surface area contributed by atoms with Crippen LogP contribution in [0.5, 0.6) is 0 Å². The van der Waals surface area contributed by atoms with Crippen LogP contribution in [-0.4, -0.2) is 58.7 Å². The van der Waals surface area contributed by atoms with E-state index >= 15 is 0 Å². The molecule has 2 rings (SSSR count). The predicted octanol–water partition coefficient (Wildman–Crippen LogP) is 1.05. The molecule has 0 amide bonds. The molecule has 24 heavy (non-hydrogen) atoms. The van der Waals surface area contributed by atoms with Crippen molar-refractivity contribution in [3.63, 3.8) is 0 Å². The first-order chi connectivity index (χ1) is 11.6. The van der Waals surface area contributed by atoms with Crippen molar-refractivity contribution >= 4 is 29.6 Å². The van der Waals surface area contributed by atoms with Crippen molar-refractivity contribution in [2.45, 2.75) is 23.8 Å². The number of rotatable bonds is 8. The third kappa shape index (κ3) is 4.59. The SMILES string of the molecule is CN(/C=C\c1c(C=O)cccc1S(=O)N1CCC(N)C1)CCC=O. The summed E-state index contributed by atoms with van der Waals surface area (Å²) in [5.74, 6) is 0. The number of benzene rings is 1. The molecule has 0 radical (unpaired) electrons. The number of carbonyl (C=O) groups is 2. The van der Waals surface area contributed by atoms with Crippen molar-refractivity contribution in [1.82, 2.24) is 9.21 Å². The lowest BCUT2D eigenvalue weighted by atomic mass is 10.1. The van der Waals surface area contributed by atoms with E-state index in [-0.39, 0.29) is 6.04 Å². The fraction of sp³-hybridized carbons (Fsp3) is 0.412. The highest BCUT2D eigenvalue weighted by Crippen LogP contribution is 2.23. The van der Waals surface area contributed by atoms with Crippen LogP contribution >= 0.6 is 0 Å². The molecule has 0 spiro atoms. The highest BCUT2D eigenvalue weighted by molar-refractivity contribution is 7.82. The lowest BCUT2D eigenvalue weighted by Gasteiger charge is -2.17. The van der Waals surface area contributed by atoms with Crippen molar-refractivity contribution in [2.75, 3.05) is 26.7 Å². The summed E-state index contributed by atoms with van der Waals surface area (Å²) in [7, 11) is 0.492. The van der Waals surface area contributed by atoms with E-state index in [0.29, 0.717) is 42.1 Å². The summed E-state index contributed by atoms with van der Waals surface area (Å²) in [6.45, 7) is 1.85. The molecular weight excluding hydrogens is 326 g/mol. The van der Waals surface area contributed by atoms with Gasteiger partial charge in [0, 0.05) is 50.3 Å². The van der Waals surface area contributed by atoms with Crippen LogP contribution in [0.1, 0.15) is 28.8 Å². The maximum Gasteiger partial charge on any atom is 0.150 e. The monoisotopic (exact) mass is 349 g/mol.